The van der Waals surface area contributed by atoms with E-state index in [1.54, 1.807) is 26.9 Å². The number of piperazine rings is 1. The van der Waals surface area contributed by atoms with Crippen LogP contribution in [0.2, 0.25) is 0 Å². The molecule has 4 aromatic rings. The molecule has 2 heterocycles. The van der Waals surface area contributed by atoms with E-state index in [1.807, 2.05) is 84.7 Å². The Labute approximate surface area is 256 Å². The van der Waals surface area contributed by atoms with Gasteiger partial charge in [0.1, 0.15) is 18.0 Å². The fourth-order valence-corrected chi connectivity index (χ4v) is 6.29. The Morgan fingerprint density at radius 1 is 0.909 bits per heavy atom. The molecule has 6 rings (SSSR count). The van der Waals surface area contributed by atoms with Crippen LogP contribution in [0.25, 0.3) is 10.8 Å². The first-order valence-corrected chi connectivity index (χ1v) is 15.1. The van der Waals surface area contributed by atoms with Gasteiger partial charge in [0.05, 0.1) is 13.1 Å². The summed E-state index contributed by atoms with van der Waals surface area (Å²) in [5.74, 6) is -0.735. The van der Waals surface area contributed by atoms with Gasteiger partial charge in [-0.3, -0.25) is 14.6 Å². The number of urea groups is 1. The fraction of sp³-hybridized carbons (Fsp3) is 0.286. The number of rotatable bonds is 9. The van der Waals surface area contributed by atoms with Gasteiger partial charge in [0.2, 0.25) is 11.8 Å². The van der Waals surface area contributed by atoms with Crippen LogP contribution in [-0.4, -0.2) is 69.5 Å². The highest BCUT2D eigenvalue weighted by atomic mass is 19.1. The zero-order valence-electron chi connectivity index (χ0n) is 24.7. The van der Waals surface area contributed by atoms with Crippen LogP contribution in [0, 0.1) is 5.82 Å². The highest BCUT2D eigenvalue weighted by Gasteiger charge is 2.52. The molecule has 4 aromatic carbocycles. The second-order valence-electron chi connectivity index (χ2n) is 11.4. The molecule has 2 aliphatic rings. The van der Waals surface area contributed by atoms with E-state index < -0.39 is 12.2 Å². The molecule has 0 bridgehead atoms. The second-order valence-corrected chi connectivity index (χ2v) is 11.4. The quantitative estimate of drug-likeness (QED) is 0.298. The first kappa shape index (κ1) is 29.3. The molecule has 2 atom stereocenters. The smallest absolute Gasteiger partial charge is 0.332 e. The lowest BCUT2D eigenvalue weighted by atomic mass is 9.99. The second kappa shape index (κ2) is 12.9. The fourth-order valence-electron chi connectivity index (χ4n) is 6.29. The van der Waals surface area contributed by atoms with Crippen molar-refractivity contribution in [3.05, 3.63) is 120 Å². The monoisotopic (exact) mass is 593 g/mol. The van der Waals surface area contributed by atoms with Crippen molar-refractivity contribution in [1.29, 1.82) is 0 Å². The largest absolute Gasteiger partial charge is 0.333 e. The maximum atomic E-state index is 14.2. The minimum atomic E-state index is -0.789. The van der Waals surface area contributed by atoms with E-state index in [2.05, 4.69) is 5.32 Å². The van der Waals surface area contributed by atoms with E-state index in [4.69, 9.17) is 0 Å². The number of nitrogens with zero attached hydrogens (tertiary/aromatic N) is 4. The predicted octanol–water partition coefficient (Wildman–Crippen LogP) is 4.94. The Balaban J connectivity index is 1.31. The zero-order valence-corrected chi connectivity index (χ0v) is 24.7. The van der Waals surface area contributed by atoms with Crippen molar-refractivity contribution in [3.8, 4) is 0 Å². The van der Waals surface area contributed by atoms with Gasteiger partial charge in [-0.1, -0.05) is 91.9 Å². The van der Waals surface area contributed by atoms with Crippen molar-refractivity contribution in [1.82, 2.24) is 25.1 Å². The minimum Gasteiger partial charge on any atom is -0.333 e. The molecule has 44 heavy (non-hydrogen) atoms. The summed E-state index contributed by atoms with van der Waals surface area (Å²) in [6.07, 6.45) is 0.401. The number of halogens is 1. The number of hydrazine groups is 1. The molecule has 226 valence electrons. The normalized spacial score (nSPS) is 18.5. The number of carbonyl (C=O) groups is 3. The van der Waals surface area contributed by atoms with Crippen LogP contribution >= 0.6 is 0 Å². The first-order chi connectivity index (χ1) is 21.4. The van der Waals surface area contributed by atoms with Crippen LogP contribution in [0.5, 0.6) is 0 Å². The van der Waals surface area contributed by atoms with Gasteiger partial charge >= 0.3 is 6.03 Å². The first-order valence-electron chi connectivity index (χ1n) is 15.1. The summed E-state index contributed by atoms with van der Waals surface area (Å²) in [7, 11) is 0. The molecular weight excluding hydrogens is 557 g/mol. The van der Waals surface area contributed by atoms with E-state index in [-0.39, 0.29) is 43.2 Å². The minimum absolute atomic E-state index is 0.0151. The van der Waals surface area contributed by atoms with E-state index in [0.29, 0.717) is 26.1 Å². The third kappa shape index (κ3) is 6.01. The summed E-state index contributed by atoms with van der Waals surface area (Å²) in [6.45, 7) is 3.36. The molecule has 0 radical (unpaired) electrons. The van der Waals surface area contributed by atoms with Crippen molar-refractivity contribution >= 4 is 28.6 Å². The topological polar surface area (TPSA) is 76.2 Å². The molecule has 2 aliphatic heterocycles. The number of fused-ring (bicyclic) bond motifs is 2. The average Bonchev–Trinajstić information content (AvgIpc) is 3.37. The summed E-state index contributed by atoms with van der Waals surface area (Å²) >= 11 is 0. The van der Waals surface area contributed by atoms with Crippen LogP contribution in [0.15, 0.2) is 97.1 Å². The van der Waals surface area contributed by atoms with Gasteiger partial charge in [0, 0.05) is 26.1 Å². The maximum Gasteiger partial charge on any atom is 0.332 e. The van der Waals surface area contributed by atoms with E-state index >= 15 is 0 Å². The summed E-state index contributed by atoms with van der Waals surface area (Å²) < 4.78 is 13.7. The Kier molecular flexibility index (Phi) is 8.56. The van der Waals surface area contributed by atoms with Crippen molar-refractivity contribution in [2.75, 3.05) is 19.6 Å². The number of carbonyl (C=O) groups excluding carboxylic acids is 3. The lowest BCUT2D eigenvalue weighted by Crippen LogP contribution is -2.66. The summed E-state index contributed by atoms with van der Waals surface area (Å²) in [5, 5.41) is 8.58. The molecule has 0 aromatic heterocycles. The van der Waals surface area contributed by atoms with Gasteiger partial charge in [-0.2, -0.15) is 5.01 Å². The van der Waals surface area contributed by atoms with E-state index in [1.165, 1.54) is 12.1 Å². The van der Waals surface area contributed by atoms with Gasteiger partial charge in [0.15, 0.2) is 0 Å². The number of hydrogen-bond donors (Lipinski definition) is 1. The third-order valence-corrected chi connectivity index (χ3v) is 8.42. The lowest BCUT2D eigenvalue weighted by Gasteiger charge is -2.46. The lowest BCUT2D eigenvalue weighted by molar-refractivity contribution is -0.157. The van der Waals surface area contributed by atoms with Crippen LogP contribution in [0.1, 0.15) is 30.0 Å². The third-order valence-electron chi connectivity index (χ3n) is 8.42. The van der Waals surface area contributed by atoms with E-state index in [9.17, 15) is 18.8 Å². The highest BCUT2D eigenvalue weighted by molar-refractivity contribution is 5.92. The Morgan fingerprint density at radius 3 is 2.41 bits per heavy atom. The standard InChI is InChI=1S/C35H36FN5O3/c1-2-19-39(35(44)37-21-26-9-4-3-5-10-26)40-24-33(42)41-31(20-25-15-17-29(36)18-16-25)34(43)38(23-32(40)41)22-28-13-8-12-27-11-6-7-14-30(27)28/h3-18,31-32H,2,19-24H2,1H3,(H,37,44)/t31-,32+/m0/s1. The van der Waals surface area contributed by atoms with E-state index in [0.717, 1.165) is 27.5 Å². The molecule has 2 saturated heterocycles. The molecule has 0 unspecified atom stereocenters. The molecule has 2 fully saturated rings. The average molecular weight is 594 g/mol. The summed E-state index contributed by atoms with van der Waals surface area (Å²) in [6, 6.07) is 28.7. The number of hydrogen-bond acceptors (Lipinski definition) is 4. The van der Waals surface area contributed by atoms with Gasteiger partial charge in [-0.05, 0) is 46.0 Å². The summed E-state index contributed by atoms with van der Waals surface area (Å²) in [4.78, 5) is 44.9. The number of benzene rings is 4. The maximum absolute atomic E-state index is 14.2. The number of nitrogens with one attached hydrogen (secondary N) is 1. The van der Waals surface area contributed by atoms with Crippen LogP contribution in [0.4, 0.5) is 9.18 Å². The highest BCUT2D eigenvalue weighted by Crippen LogP contribution is 2.31. The van der Waals surface area contributed by atoms with Crippen LogP contribution in [-0.2, 0) is 29.1 Å². The Hall–Kier alpha value is -4.76. The van der Waals surface area contributed by atoms with Gasteiger partial charge < -0.3 is 15.1 Å². The van der Waals surface area contributed by atoms with Crippen molar-refractivity contribution < 1.29 is 18.8 Å². The molecule has 0 spiro atoms. The SMILES string of the molecule is CCCN(C(=O)NCc1ccccc1)N1CC(=O)N2[C@@H](Cc3ccc(F)cc3)C(=O)N(Cc3cccc4ccccc34)C[C@@H]21. The van der Waals surface area contributed by atoms with Gasteiger partial charge in [-0.25, -0.2) is 9.18 Å². The molecule has 8 nitrogen and oxygen atoms in total. The van der Waals surface area contributed by atoms with Crippen LogP contribution < -0.4 is 5.32 Å². The van der Waals surface area contributed by atoms with Crippen LogP contribution in [0.3, 0.4) is 0 Å². The molecule has 0 saturated carbocycles. The number of amides is 4. The molecule has 4 amide bonds. The van der Waals surface area contributed by atoms with Crippen molar-refractivity contribution in [3.63, 3.8) is 0 Å². The molecular formula is C35H36FN5O3. The van der Waals surface area contributed by atoms with Gasteiger partial charge in [0.25, 0.3) is 0 Å². The predicted molar refractivity (Wildman–Crippen MR) is 166 cm³/mol. The Morgan fingerprint density at radius 2 is 1.64 bits per heavy atom. The Bertz CT molecular complexity index is 1640. The summed E-state index contributed by atoms with van der Waals surface area (Å²) in [5.41, 5.74) is 2.74. The van der Waals surface area contributed by atoms with Gasteiger partial charge in [-0.15, -0.1) is 0 Å². The van der Waals surface area contributed by atoms with Crippen molar-refractivity contribution in [2.45, 2.75) is 45.1 Å². The molecule has 9 heteroatoms. The molecule has 1 N–H and O–H groups in total. The zero-order chi connectivity index (χ0) is 30.6. The van der Waals surface area contributed by atoms with Crippen molar-refractivity contribution in [2.24, 2.45) is 0 Å². The molecule has 0 aliphatic carbocycles.